The van der Waals surface area contributed by atoms with Crippen LogP contribution in [0.2, 0.25) is 5.02 Å². The van der Waals surface area contributed by atoms with Crippen molar-refractivity contribution < 1.29 is 54.6 Å². The fourth-order valence-electron chi connectivity index (χ4n) is 2.07. The molecule has 2 rings (SSSR count). The zero-order valence-electron chi connectivity index (χ0n) is 17.2. The van der Waals surface area contributed by atoms with Gasteiger partial charge in [-0.1, -0.05) is 17.7 Å². The van der Waals surface area contributed by atoms with Gasteiger partial charge in [0.2, 0.25) is 0 Å². The zero-order chi connectivity index (χ0) is 27.1. The Labute approximate surface area is 195 Å². The van der Waals surface area contributed by atoms with Crippen LogP contribution in [-0.2, 0) is 9.53 Å². The van der Waals surface area contributed by atoms with Crippen LogP contribution in [0.25, 0.3) is 5.69 Å². The van der Waals surface area contributed by atoms with Crippen molar-refractivity contribution in [2.45, 2.75) is 37.8 Å². The summed E-state index contributed by atoms with van der Waals surface area (Å²) in [6.45, 7) is 0.294. The van der Waals surface area contributed by atoms with Crippen LogP contribution in [0, 0.1) is 0 Å². The number of hydrogen-bond donors (Lipinski definition) is 3. The maximum absolute atomic E-state index is 13.0. The Balaban J connectivity index is 0.000000762. The van der Waals surface area contributed by atoms with Crippen molar-refractivity contribution in [2.24, 2.45) is 5.73 Å². The summed E-state index contributed by atoms with van der Waals surface area (Å²) in [4.78, 5) is 23.8. The van der Waals surface area contributed by atoms with Gasteiger partial charge in [0.1, 0.15) is 19.0 Å². The van der Waals surface area contributed by atoms with Crippen molar-refractivity contribution in [3.63, 3.8) is 0 Å². The molecule has 0 radical (unpaired) electrons. The summed E-state index contributed by atoms with van der Waals surface area (Å²) >= 11 is 6.02. The number of nitrogens with two attached hydrogens (primary N) is 1. The molecule has 0 saturated carbocycles. The lowest BCUT2D eigenvalue weighted by molar-refractivity contribution is -0.192. The van der Waals surface area contributed by atoms with Crippen molar-refractivity contribution in [1.29, 1.82) is 0 Å². The summed E-state index contributed by atoms with van der Waals surface area (Å²) in [7, 11) is 0. The topological polar surface area (TPSA) is 132 Å². The number of amides is 1. The number of nitrogens with zero attached hydrogens (tertiary/aromatic N) is 3. The Morgan fingerprint density at radius 3 is 2.29 bits per heavy atom. The van der Waals surface area contributed by atoms with E-state index in [0.29, 0.717) is 5.56 Å². The van der Waals surface area contributed by atoms with Crippen LogP contribution in [-0.4, -0.2) is 56.9 Å². The Hall–Kier alpha value is -3.21. The summed E-state index contributed by atoms with van der Waals surface area (Å²) < 4.78 is 100. The molecule has 0 fully saturated rings. The summed E-state index contributed by atoms with van der Waals surface area (Å²) in [6.07, 6.45) is -13.0. The van der Waals surface area contributed by atoms with Gasteiger partial charge < -0.3 is 20.9 Å². The van der Waals surface area contributed by atoms with E-state index in [1.165, 1.54) is 18.2 Å². The van der Waals surface area contributed by atoms with E-state index in [2.05, 4.69) is 14.8 Å². The third-order valence-electron chi connectivity index (χ3n) is 3.86. The first-order valence-corrected chi connectivity index (χ1v) is 9.36. The van der Waals surface area contributed by atoms with E-state index in [1.54, 1.807) is 5.32 Å². The van der Waals surface area contributed by atoms with Crippen molar-refractivity contribution in [2.75, 3.05) is 6.61 Å². The molecule has 0 saturated heterocycles. The van der Waals surface area contributed by atoms with Gasteiger partial charge in [-0.2, -0.15) is 31.4 Å². The number of alkyl halides is 8. The molecule has 9 nitrogen and oxygen atoms in total. The second-order valence-electron chi connectivity index (χ2n) is 6.46. The van der Waals surface area contributed by atoms with Crippen molar-refractivity contribution in [3.05, 3.63) is 40.9 Å². The van der Waals surface area contributed by atoms with Crippen LogP contribution >= 0.6 is 11.6 Å². The van der Waals surface area contributed by atoms with Gasteiger partial charge in [0, 0.05) is 0 Å². The van der Waals surface area contributed by atoms with E-state index in [0.717, 1.165) is 17.9 Å². The second kappa shape index (κ2) is 12.0. The molecule has 1 aromatic carbocycles. The van der Waals surface area contributed by atoms with Crippen LogP contribution in [0.3, 0.4) is 0 Å². The number of aliphatic carboxylic acids is 1. The van der Waals surface area contributed by atoms with E-state index in [1.807, 2.05) is 0 Å². The van der Waals surface area contributed by atoms with Crippen molar-refractivity contribution in [3.8, 4) is 5.69 Å². The van der Waals surface area contributed by atoms with Gasteiger partial charge in [0.25, 0.3) is 6.43 Å². The number of nitrogens with one attached hydrogen (secondary N) is 1. The van der Waals surface area contributed by atoms with Crippen molar-refractivity contribution >= 4 is 23.7 Å². The van der Waals surface area contributed by atoms with Crippen molar-refractivity contribution in [1.82, 2.24) is 20.1 Å². The third-order valence-corrected chi connectivity index (χ3v) is 4.18. The molecule has 0 bridgehead atoms. The summed E-state index contributed by atoms with van der Waals surface area (Å²) in [5.74, 6) is -3.39. The van der Waals surface area contributed by atoms with Crippen LogP contribution < -0.4 is 11.1 Å². The normalized spacial score (nSPS) is 13.5. The average molecular weight is 542 g/mol. The number of carboxylic acids is 1. The van der Waals surface area contributed by atoms with Crippen LogP contribution in [0.1, 0.15) is 30.8 Å². The molecule has 1 amide bonds. The standard InChI is InChI=1S/C15H15ClF5N5O2.C2HF3O2/c1-7(15(19,20)21)25-14(27)28-5-10(22)8-2-3-9(16)11(4-8)26-13(12(17)18)23-6-24-26;3-2(4,5)1(6)7/h2-4,6-7,10,12H,5,22H2,1H3,(H,25,27);(H,6,7)/t7-,10+;/m0./s1. The summed E-state index contributed by atoms with van der Waals surface area (Å²) in [5, 5.41) is 12.5. The Morgan fingerprint density at radius 2 is 1.80 bits per heavy atom. The van der Waals surface area contributed by atoms with Crippen LogP contribution in [0.5, 0.6) is 0 Å². The number of aromatic nitrogens is 3. The molecule has 1 heterocycles. The molecule has 0 spiro atoms. The number of ether oxygens (including phenoxy) is 1. The third kappa shape index (κ3) is 9.16. The summed E-state index contributed by atoms with van der Waals surface area (Å²) in [5.41, 5.74) is 6.26. The first kappa shape index (κ1) is 29.8. The number of benzene rings is 1. The molecule has 18 heteroatoms. The smallest absolute Gasteiger partial charge is 0.475 e. The maximum atomic E-state index is 13.0. The van der Waals surface area contributed by atoms with E-state index in [9.17, 15) is 39.9 Å². The number of carbonyl (C=O) groups is 2. The lowest BCUT2D eigenvalue weighted by Gasteiger charge is -2.19. The molecule has 0 aliphatic carbocycles. The van der Waals surface area contributed by atoms with Gasteiger partial charge in [-0.25, -0.2) is 28.0 Å². The number of alkyl carbamates (subject to hydrolysis) is 1. The highest BCUT2D eigenvalue weighted by molar-refractivity contribution is 6.32. The molecular weight excluding hydrogens is 526 g/mol. The van der Waals surface area contributed by atoms with Gasteiger partial charge in [-0.3, -0.25) is 0 Å². The number of hydrogen-bond acceptors (Lipinski definition) is 6. The Kier molecular flexibility index (Phi) is 10.2. The quantitative estimate of drug-likeness (QED) is 0.468. The molecular formula is C17H16ClF8N5O4. The van der Waals surface area contributed by atoms with E-state index in [4.69, 9.17) is 27.2 Å². The fourth-order valence-corrected chi connectivity index (χ4v) is 2.27. The molecule has 2 atom stereocenters. The van der Waals surface area contributed by atoms with Gasteiger partial charge in [0.15, 0.2) is 5.82 Å². The highest BCUT2D eigenvalue weighted by Gasteiger charge is 2.38. The Bertz CT molecular complexity index is 1020. The molecule has 0 aliphatic heterocycles. The predicted molar refractivity (Wildman–Crippen MR) is 102 cm³/mol. The number of carboxylic acid groups (broad SMARTS) is 1. The average Bonchev–Trinajstić information content (AvgIpc) is 3.21. The molecule has 196 valence electrons. The number of halogens is 9. The molecule has 0 unspecified atom stereocenters. The minimum Gasteiger partial charge on any atom is -0.475 e. The minimum atomic E-state index is -5.08. The molecule has 4 N–H and O–H groups in total. The molecule has 35 heavy (non-hydrogen) atoms. The van der Waals surface area contributed by atoms with Crippen LogP contribution in [0.4, 0.5) is 39.9 Å². The molecule has 2 aromatic rings. The van der Waals surface area contributed by atoms with Crippen LogP contribution in [0.15, 0.2) is 24.5 Å². The maximum Gasteiger partial charge on any atom is 0.490 e. The number of rotatable bonds is 6. The monoisotopic (exact) mass is 541 g/mol. The fraction of sp³-hybridized carbons (Fsp3) is 0.412. The minimum absolute atomic E-state index is 0.0672. The van der Waals surface area contributed by atoms with Gasteiger partial charge in [0.05, 0.1) is 16.8 Å². The largest absolute Gasteiger partial charge is 0.490 e. The SMILES string of the molecule is C[C@H](NC(=O)OC[C@@H](N)c1ccc(Cl)c(-n2ncnc2C(F)F)c1)C(F)(F)F.O=C(O)C(F)(F)F. The zero-order valence-corrected chi connectivity index (χ0v) is 18.0. The second-order valence-corrected chi connectivity index (χ2v) is 6.86. The first-order chi connectivity index (χ1) is 15.9. The Morgan fingerprint density at radius 1 is 1.23 bits per heavy atom. The highest BCUT2D eigenvalue weighted by atomic mass is 35.5. The van der Waals surface area contributed by atoms with E-state index >= 15 is 0 Å². The van der Waals surface area contributed by atoms with Gasteiger partial charge >= 0.3 is 24.4 Å². The number of carbonyl (C=O) groups excluding carboxylic acids is 1. The lowest BCUT2D eigenvalue weighted by Crippen LogP contribution is -2.43. The van der Waals surface area contributed by atoms with E-state index in [-0.39, 0.29) is 10.7 Å². The van der Waals surface area contributed by atoms with E-state index < -0.39 is 55.4 Å². The summed E-state index contributed by atoms with van der Waals surface area (Å²) in [6, 6.07) is 1.11. The molecule has 0 aliphatic rings. The highest BCUT2D eigenvalue weighted by Crippen LogP contribution is 2.27. The first-order valence-electron chi connectivity index (χ1n) is 8.98. The van der Waals surface area contributed by atoms with Gasteiger partial charge in [-0.05, 0) is 24.6 Å². The van der Waals surface area contributed by atoms with Gasteiger partial charge in [-0.15, -0.1) is 0 Å². The predicted octanol–water partition coefficient (Wildman–Crippen LogP) is 4.17. The molecule has 1 aromatic heterocycles. The lowest BCUT2D eigenvalue weighted by atomic mass is 10.1.